The molecule has 0 fully saturated rings. The molecule has 106 valence electrons. The first-order valence-electron chi connectivity index (χ1n) is 5.95. The van der Waals surface area contributed by atoms with Crippen molar-refractivity contribution in [2.75, 3.05) is 17.2 Å². The van der Waals surface area contributed by atoms with Gasteiger partial charge in [-0.3, -0.25) is 0 Å². The summed E-state index contributed by atoms with van der Waals surface area (Å²) in [6.45, 7) is 0. The van der Waals surface area contributed by atoms with E-state index in [9.17, 15) is 8.42 Å². The van der Waals surface area contributed by atoms with Crippen molar-refractivity contribution in [2.24, 2.45) is 0 Å². The zero-order chi connectivity index (χ0) is 14.6. The second-order valence-corrected chi connectivity index (χ2v) is 7.84. The third-order valence-electron chi connectivity index (χ3n) is 2.67. The Morgan fingerprint density at radius 2 is 1.80 bits per heavy atom. The molecule has 2 rings (SSSR count). The van der Waals surface area contributed by atoms with Gasteiger partial charge >= 0.3 is 0 Å². The lowest BCUT2D eigenvalue weighted by Crippen LogP contribution is -2.11. The lowest BCUT2D eigenvalue weighted by Gasteiger charge is -2.08. The van der Waals surface area contributed by atoms with E-state index >= 15 is 0 Å². The van der Waals surface area contributed by atoms with Crippen molar-refractivity contribution in [3.05, 3.63) is 53.6 Å². The number of nitrogen functional groups attached to an aromatic ring is 1. The van der Waals surface area contributed by atoms with Crippen molar-refractivity contribution in [3.8, 4) is 0 Å². The molecule has 0 saturated carbocycles. The molecule has 2 aromatic carbocycles. The molecule has 0 radical (unpaired) electrons. The first kappa shape index (κ1) is 15.2. The average molecular weight is 328 g/mol. The van der Waals surface area contributed by atoms with Crippen LogP contribution in [0.3, 0.4) is 0 Å². The number of hydrogen-bond donors (Lipinski definition) is 1. The number of halogens is 1. The van der Waals surface area contributed by atoms with Gasteiger partial charge in [-0.2, -0.15) is 0 Å². The fraction of sp³-hybridized carbons (Fsp3) is 0.143. The highest BCUT2D eigenvalue weighted by molar-refractivity contribution is 8.00. The Morgan fingerprint density at radius 3 is 2.50 bits per heavy atom. The normalized spacial score (nSPS) is 11.4. The summed E-state index contributed by atoms with van der Waals surface area (Å²) in [6.07, 6.45) is 0. The predicted molar refractivity (Wildman–Crippen MR) is 85.1 cm³/mol. The van der Waals surface area contributed by atoms with E-state index in [4.69, 9.17) is 17.3 Å². The van der Waals surface area contributed by atoms with Gasteiger partial charge in [-0.25, -0.2) is 8.42 Å². The highest BCUT2D eigenvalue weighted by Gasteiger charge is 2.18. The second-order valence-electron chi connectivity index (χ2n) is 4.16. The molecule has 20 heavy (non-hydrogen) atoms. The van der Waals surface area contributed by atoms with E-state index in [0.717, 1.165) is 4.90 Å². The van der Waals surface area contributed by atoms with Crippen LogP contribution in [0.4, 0.5) is 5.69 Å². The quantitative estimate of drug-likeness (QED) is 0.674. The molecule has 0 aliphatic heterocycles. The minimum atomic E-state index is -3.41. The van der Waals surface area contributed by atoms with E-state index in [0.29, 0.717) is 10.8 Å². The lowest BCUT2D eigenvalue weighted by atomic mass is 10.3. The minimum Gasteiger partial charge on any atom is -0.398 e. The molecule has 0 saturated heterocycles. The summed E-state index contributed by atoms with van der Waals surface area (Å²) < 4.78 is 24.5. The van der Waals surface area contributed by atoms with Crippen LogP contribution in [-0.2, 0) is 9.84 Å². The van der Waals surface area contributed by atoms with Gasteiger partial charge in [-0.15, -0.1) is 11.8 Å². The van der Waals surface area contributed by atoms with Gasteiger partial charge in [0.1, 0.15) is 0 Å². The zero-order valence-corrected chi connectivity index (χ0v) is 13.0. The topological polar surface area (TPSA) is 60.2 Å². The molecule has 0 bridgehead atoms. The van der Waals surface area contributed by atoms with Gasteiger partial charge in [0.25, 0.3) is 0 Å². The minimum absolute atomic E-state index is 0.0249. The zero-order valence-electron chi connectivity index (χ0n) is 10.6. The summed E-state index contributed by atoms with van der Waals surface area (Å²) in [5.41, 5.74) is 5.95. The smallest absolute Gasteiger partial charge is 0.181 e. The van der Waals surface area contributed by atoms with Crippen LogP contribution in [-0.4, -0.2) is 19.9 Å². The highest BCUT2D eigenvalue weighted by atomic mass is 35.5. The van der Waals surface area contributed by atoms with Gasteiger partial charge < -0.3 is 5.73 Å². The number of benzene rings is 2. The van der Waals surface area contributed by atoms with Crippen LogP contribution in [0.1, 0.15) is 0 Å². The van der Waals surface area contributed by atoms with Crippen molar-refractivity contribution in [1.29, 1.82) is 0 Å². The number of rotatable bonds is 5. The molecule has 2 N–H and O–H groups in total. The van der Waals surface area contributed by atoms with E-state index in [2.05, 4.69) is 0 Å². The maximum atomic E-state index is 12.2. The maximum absolute atomic E-state index is 12.2. The molecular weight excluding hydrogens is 314 g/mol. The first-order chi connectivity index (χ1) is 9.49. The molecular formula is C14H14ClNO2S2. The summed E-state index contributed by atoms with van der Waals surface area (Å²) in [5, 5.41) is 0.369. The highest BCUT2D eigenvalue weighted by Crippen LogP contribution is 2.25. The monoisotopic (exact) mass is 327 g/mol. The van der Waals surface area contributed by atoms with E-state index < -0.39 is 9.84 Å². The van der Waals surface area contributed by atoms with Crippen molar-refractivity contribution < 1.29 is 8.42 Å². The number of anilines is 1. The van der Waals surface area contributed by atoms with Crippen LogP contribution in [0.2, 0.25) is 5.02 Å². The van der Waals surface area contributed by atoms with E-state index in [-0.39, 0.29) is 16.3 Å². The van der Waals surface area contributed by atoms with Crippen LogP contribution >= 0.6 is 23.4 Å². The third kappa shape index (κ3) is 3.91. The number of sulfone groups is 1. The SMILES string of the molecule is Nc1ccc(Cl)cc1S(=O)(=O)CCSc1ccccc1. The van der Waals surface area contributed by atoms with Gasteiger partial charge in [-0.05, 0) is 30.3 Å². The molecule has 0 aromatic heterocycles. The van der Waals surface area contributed by atoms with Gasteiger partial charge in [0.2, 0.25) is 0 Å². The largest absolute Gasteiger partial charge is 0.398 e. The molecule has 0 aliphatic rings. The molecule has 2 aromatic rings. The average Bonchev–Trinajstić information content (AvgIpc) is 2.42. The van der Waals surface area contributed by atoms with E-state index in [1.165, 1.54) is 23.9 Å². The molecule has 0 unspecified atom stereocenters. The summed E-state index contributed by atoms with van der Waals surface area (Å²) >= 11 is 7.33. The van der Waals surface area contributed by atoms with Crippen molar-refractivity contribution in [3.63, 3.8) is 0 Å². The first-order valence-corrected chi connectivity index (χ1v) is 8.96. The Labute approximate surface area is 128 Å². The molecule has 6 heteroatoms. The van der Waals surface area contributed by atoms with Crippen LogP contribution in [0.25, 0.3) is 0 Å². The Balaban J connectivity index is 2.06. The summed E-state index contributed by atoms with van der Waals surface area (Å²) in [6, 6.07) is 14.2. The Hall–Kier alpha value is -1.17. The fourth-order valence-electron chi connectivity index (χ4n) is 1.67. The fourth-order valence-corrected chi connectivity index (χ4v) is 4.66. The molecule has 3 nitrogen and oxygen atoms in total. The van der Waals surface area contributed by atoms with Crippen LogP contribution in [0.5, 0.6) is 0 Å². The number of hydrogen-bond acceptors (Lipinski definition) is 4. The summed E-state index contributed by atoms with van der Waals surface area (Å²) in [4.78, 5) is 1.15. The molecule has 0 aliphatic carbocycles. The van der Waals surface area contributed by atoms with Gasteiger partial charge in [0.15, 0.2) is 9.84 Å². The lowest BCUT2D eigenvalue weighted by molar-refractivity contribution is 0.598. The number of thioether (sulfide) groups is 1. The van der Waals surface area contributed by atoms with E-state index in [1.807, 2.05) is 30.3 Å². The molecule has 0 atom stereocenters. The van der Waals surface area contributed by atoms with Crippen molar-refractivity contribution in [1.82, 2.24) is 0 Å². The van der Waals surface area contributed by atoms with E-state index in [1.54, 1.807) is 6.07 Å². The van der Waals surface area contributed by atoms with Crippen LogP contribution in [0, 0.1) is 0 Å². The van der Waals surface area contributed by atoms with Crippen molar-refractivity contribution in [2.45, 2.75) is 9.79 Å². The molecule has 0 heterocycles. The Bertz CT molecular complexity index is 688. The van der Waals surface area contributed by atoms with Crippen molar-refractivity contribution >= 4 is 38.9 Å². The molecule has 0 spiro atoms. The predicted octanol–water partition coefficient (Wildman–Crippen LogP) is 3.49. The maximum Gasteiger partial charge on any atom is 0.181 e. The third-order valence-corrected chi connectivity index (χ3v) is 5.95. The standard InChI is InChI=1S/C14H14ClNO2S2/c15-11-6-7-13(16)14(10-11)20(17,18)9-8-19-12-4-2-1-3-5-12/h1-7,10H,8-9,16H2. The van der Waals surface area contributed by atoms with Crippen LogP contribution < -0.4 is 5.73 Å². The summed E-state index contributed by atoms with van der Waals surface area (Å²) in [7, 11) is -3.41. The number of nitrogens with two attached hydrogens (primary N) is 1. The second kappa shape index (κ2) is 6.52. The Kier molecular flexibility index (Phi) is 4.96. The van der Waals surface area contributed by atoms with Gasteiger partial charge in [0, 0.05) is 15.7 Å². The molecule has 0 amide bonds. The van der Waals surface area contributed by atoms with Gasteiger partial charge in [-0.1, -0.05) is 29.8 Å². The van der Waals surface area contributed by atoms with Gasteiger partial charge in [0.05, 0.1) is 16.3 Å². The summed E-state index contributed by atoms with van der Waals surface area (Å²) in [5.74, 6) is 0.495. The van der Waals surface area contributed by atoms with Crippen LogP contribution in [0.15, 0.2) is 58.3 Å². The Morgan fingerprint density at radius 1 is 1.10 bits per heavy atom.